The second-order valence-corrected chi connectivity index (χ2v) is 6.65. The summed E-state index contributed by atoms with van der Waals surface area (Å²) in [7, 11) is 0. The number of nitrogens with one attached hydrogen (secondary N) is 1. The molecule has 0 aromatic carbocycles. The van der Waals surface area contributed by atoms with Crippen molar-refractivity contribution in [2.24, 2.45) is 5.92 Å². The smallest absolute Gasteiger partial charge is 0.0309 e. The van der Waals surface area contributed by atoms with Crippen LogP contribution in [0.3, 0.4) is 0 Å². The fraction of sp³-hybridized carbons (Fsp3) is 0.714. The molecular weight excluding hydrogens is 228 g/mol. The molecule has 1 aromatic rings. The van der Waals surface area contributed by atoms with Gasteiger partial charge in [0.15, 0.2) is 0 Å². The lowest BCUT2D eigenvalue weighted by molar-refractivity contribution is 0.121. The molecule has 2 nitrogen and oxygen atoms in total. The third kappa shape index (κ3) is 2.42. The Hall–Kier alpha value is -0.380. The zero-order chi connectivity index (χ0) is 11.9. The predicted octanol–water partition coefficient (Wildman–Crippen LogP) is 2.63. The lowest BCUT2D eigenvalue weighted by atomic mass is 9.92. The van der Waals surface area contributed by atoms with Crippen molar-refractivity contribution in [1.29, 1.82) is 0 Å². The highest BCUT2D eigenvalue weighted by Gasteiger charge is 2.43. The topological polar surface area (TPSA) is 15.3 Å². The maximum atomic E-state index is 3.74. The van der Waals surface area contributed by atoms with Gasteiger partial charge in [-0.1, -0.05) is 0 Å². The highest BCUT2D eigenvalue weighted by Crippen LogP contribution is 2.40. The van der Waals surface area contributed by atoms with Crippen molar-refractivity contribution < 1.29 is 0 Å². The minimum Gasteiger partial charge on any atom is -0.309 e. The number of aryl methyl sites for hydroxylation is 1. The molecule has 3 heteroatoms. The summed E-state index contributed by atoms with van der Waals surface area (Å²) in [6.07, 6.45) is 2.85. The molecule has 1 N–H and O–H groups in total. The molecule has 1 atom stereocenters. The Kier molecular flexibility index (Phi) is 3.01. The van der Waals surface area contributed by atoms with Crippen molar-refractivity contribution in [3.8, 4) is 0 Å². The second-order valence-electron chi connectivity index (χ2n) is 5.91. The maximum Gasteiger partial charge on any atom is 0.0309 e. The van der Waals surface area contributed by atoms with Crippen LogP contribution in [-0.2, 0) is 6.54 Å². The Morgan fingerprint density at radius 1 is 1.47 bits per heavy atom. The van der Waals surface area contributed by atoms with Crippen LogP contribution < -0.4 is 5.32 Å². The molecule has 0 bridgehead atoms. The molecule has 0 radical (unpaired) electrons. The number of hydrogen-bond acceptors (Lipinski definition) is 3. The average molecular weight is 250 g/mol. The van der Waals surface area contributed by atoms with Crippen LogP contribution in [-0.4, -0.2) is 30.1 Å². The van der Waals surface area contributed by atoms with Gasteiger partial charge in [0.05, 0.1) is 0 Å². The fourth-order valence-corrected chi connectivity index (χ4v) is 3.87. The van der Waals surface area contributed by atoms with E-state index in [0.717, 1.165) is 19.0 Å². The van der Waals surface area contributed by atoms with E-state index in [9.17, 15) is 0 Å². The summed E-state index contributed by atoms with van der Waals surface area (Å²) in [5, 5.41) is 8.32. The molecule has 1 saturated heterocycles. The van der Waals surface area contributed by atoms with Gasteiger partial charge in [-0.25, -0.2) is 0 Å². The molecule has 94 valence electrons. The maximum absolute atomic E-state index is 3.74. The van der Waals surface area contributed by atoms with Crippen LogP contribution in [0.5, 0.6) is 0 Å². The molecule has 1 unspecified atom stereocenters. The lowest BCUT2D eigenvalue weighted by Gasteiger charge is -2.42. The van der Waals surface area contributed by atoms with Crippen LogP contribution >= 0.6 is 11.3 Å². The minimum atomic E-state index is 0.377. The molecule has 1 saturated carbocycles. The number of rotatable bonds is 3. The molecule has 17 heavy (non-hydrogen) atoms. The van der Waals surface area contributed by atoms with Gasteiger partial charge in [-0.2, -0.15) is 11.3 Å². The normalized spacial score (nSPS) is 30.7. The van der Waals surface area contributed by atoms with E-state index in [2.05, 4.69) is 34.8 Å². The number of piperazine rings is 1. The molecule has 2 fully saturated rings. The van der Waals surface area contributed by atoms with Crippen molar-refractivity contribution in [3.05, 3.63) is 21.9 Å². The monoisotopic (exact) mass is 250 g/mol. The van der Waals surface area contributed by atoms with Crippen molar-refractivity contribution in [2.45, 2.75) is 38.8 Å². The summed E-state index contributed by atoms with van der Waals surface area (Å²) in [6.45, 7) is 9.34. The molecule has 2 aliphatic rings. The third-order valence-corrected chi connectivity index (χ3v) is 5.25. The molecule has 0 amide bonds. The van der Waals surface area contributed by atoms with E-state index in [1.807, 2.05) is 11.3 Å². The predicted molar refractivity (Wildman–Crippen MR) is 73.5 cm³/mol. The first-order chi connectivity index (χ1) is 8.17. The van der Waals surface area contributed by atoms with Gasteiger partial charge in [0, 0.05) is 31.7 Å². The summed E-state index contributed by atoms with van der Waals surface area (Å²) in [5.74, 6) is 0.925. The molecule has 1 aromatic heterocycles. The zero-order valence-corrected chi connectivity index (χ0v) is 11.6. The number of hydrogen-bond donors (Lipinski definition) is 1. The highest BCUT2D eigenvalue weighted by molar-refractivity contribution is 7.08. The Morgan fingerprint density at radius 3 is 2.94 bits per heavy atom. The van der Waals surface area contributed by atoms with Crippen LogP contribution in [0.25, 0.3) is 0 Å². The van der Waals surface area contributed by atoms with E-state index in [1.54, 1.807) is 0 Å². The van der Waals surface area contributed by atoms with Crippen molar-refractivity contribution in [2.75, 3.05) is 19.6 Å². The Balaban J connectivity index is 1.66. The molecule has 2 heterocycles. The van der Waals surface area contributed by atoms with E-state index in [1.165, 1.54) is 37.1 Å². The van der Waals surface area contributed by atoms with Gasteiger partial charge in [0.1, 0.15) is 0 Å². The highest BCUT2D eigenvalue weighted by atomic mass is 32.1. The van der Waals surface area contributed by atoms with E-state index in [0.29, 0.717) is 5.54 Å². The van der Waals surface area contributed by atoms with E-state index < -0.39 is 0 Å². The molecule has 1 aliphatic heterocycles. The fourth-order valence-electron chi connectivity index (χ4n) is 3.02. The van der Waals surface area contributed by atoms with Crippen LogP contribution in [0.15, 0.2) is 10.8 Å². The number of thiophene rings is 1. The molecule has 0 spiro atoms. The average Bonchev–Trinajstić information content (AvgIpc) is 3.07. The van der Waals surface area contributed by atoms with E-state index in [-0.39, 0.29) is 0 Å². The Bertz CT molecular complexity index is 397. The Morgan fingerprint density at radius 2 is 2.29 bits per heavy atom. The molecule has 1 aliphatic carbocycles. The summed E-state index contributed by atoms with van der Waals surface area (Å²) >= 11 is 1.83. The first-order valence-electron chi connectivity index (χ1n) is 6.66. The number of nitrogens with zero attached hydrogens (tertiary/aromatic N) is 1. The van der Waals surface area contributed by atoms with Gasteiger partial charge in [0.2, 0.25) is 0 Å². The van der Waals surface area contributed by atoms with Gasteiger partial charge in [0.25, 0.3) is 0 Å². The van der Waals surface area contributed by atoms with Gasteiger partial charge in [-0.3, -0.25) is 4.90 Å². The lowest BCUT2D eigenvalue weighted by Crippen LogP contribution is -2.59. The Labute approximate surface area is 108 Å². The van der Waals surface area contributed by atoms with Gasteiger partial charge in [-0.05, 0) is 54.5 Å². The van der Waals surface area contributed by atoms with E-state index >= 15 is 0 Å². The van der Waals surface area contributed by atoms with Crippen LogP contribution in [0.1, 0.15) is 30.9 Å². The van der Waals surface area contributed by atoms with Gasteiger partial charge < -0.3 is 5.32 Å². The summed E-state index contributed by atoms with van der Waals surface area (Å²) in [4.78, 5) is 2.63. The standard InChI is InChI=1S/C14H22N2S/c1-11-8-17-9-12(11)7-16-6-5-15-14(2,10-16)13-3-4-13/h8-9,13,15H,3-7,10H2,1-2H3. The van der Waals surface area contributed by atoms with Crippen LogP contribution in [0, 0.1) is 12.8 Å². The quantitative estimate of drug-likeness (QED) is 0.887. The zero-order valence-electron chi connectivity index (χ0n) is 10.8. The first-order valence-corrected chi connectivity index (χ1v) is 7.61. The largest absolute Gasteiger partial charge is 0.309 e. The third-order valence-electron chi connectivity index (χ3n) is 4.34. The summed E-state index contributed by atoms with van der Waals surface area (Å²) in [5.41, 5.74) is 3.36. The van der Waals surface area contributed by atoms with Crippen molar-refractivity contribution in [3.63, 3.8) is 0 Å². The molecule has 3 rings (SSSR count). The SMILES string of the molecule is Cc1cscc1CN1CCNC(C)(C2CC2)C1. The van der Waals surface area contributed by atoms with Crippen molar-refractivity contribution in [1.82, 2.24) is 10.2 Å². The molecular formula is C14H22N2S. The second kappa shape index (κ2) is 4.38. The minimum absolute atomic E-state index is 0.377. The van der Waals surface area contributed by atoms with Gasteiger partial charge in [-0.15, -0.1) is 0 Å². The van der Waals surface area contributed by atoms with Crippen LogP contribution in [0.2, 0.25) is 0 Å². The van der Waals surface area contributed by atoms with E-state index in [4.69, 9.17) is 0 Å². The van der Waals surface area contributed by atoms with Crippen LogP contribution in [0.4, 0.5) is 0 Å². The summed E-state index contributed by atoms with van der Waals surface area (Å²) < 4.78 is 0. The first kappa shape index (κ1) is 11.7. The van der Waals surface area contributed by atoms with Gasteiger partial charge >= 0.3 is 0 Å². The van der Waals surface area contributed by atoms with Crippen molar-refractivity contribution >= 4 is 11.3 Å². The summed E-state index contributed by atoms with van der Waals surface area (Å²) in [6, 6.07) is 0.